The molecule has 5 atom stereocenters. The fourth-order valence-electron chi connectivity index (χ4n) is 5.53. The molecule has 0 saturated heterocycles. The quantitative estimate of drug-likeness (QED) is 0.259. The summed E-state index contributed by atoms with van der Waals surface area (Å²) in [7, 11) is 0. The molecular formula is C30H64N8. The van der Waals surface area contributed by atoms with E-state index < -0.39 is 0 Å². The Bertz CT molecular complexity index is 684. The van der Waals surface area contributed by atoms with Gasteiger partial charge in [-0.15, -0.1) is 0 Å². The minimum atomic E-state index is 0.279. The molecule has 5 unspecified atom stereocenters. The van der Waals surface area contributed by atoms with E-state index in [0.717, 1.165) is 62.9 Å². The van der Waals surface area contributed by atoms with Crippen molar-refractivity contribution in [1.82, 2.24) is 0 Å². The van der Waals surface area contributed by atoms with Crippen molar-refractivity contribution in [1.29, 1.82) is 0 Å². The molecule has 3 rings (SSSR count). The van der Waals surface area contributed by atoms with Crippen LogP contribution in [0.4, 0.5) is 0 Å². The maximum Gasteiger partial charge on any atom is 0.0192 e. The SMILES string of the molecule is CC(CN)CCCN.CC1(C)CC(N)CC(C)(CN)C1.NC1CCCCC1N.NCc1cccc(CN)c1. The molecule has 0 heterocycles. The number of hydrogen-bond acceptors (Lipinski definition) is 8. The minimum absolute atomic E-state index is 0.279. The molecule has 2 saturated carbocycles. The molecule has 0 radical (unpaired) electrons. The second-order valence-electron chi connectivity index (χ2n) is 12.6. The van der Waals surface area contributed by atoms with Gasteiger partial charge in [-0.2, -0.15) is 0 Å². The van der Waals surface area contributed by atoms with Gasteiger partial charge in [-0.1, -0.05) is 64.8 Å². The smallest absolute Gasteiger partial charge is 0.0192 e. The van der Waals surface area contributed by atoms with E-state index in [9.17, 15) is 0 Å². The van der Waals surface area contributed by atoms with E-state index in [2.05, 4.69) is 27.7 Å². The Labute approximate surface area is 234 Å². The normalized spacial score (nSPS) is 26.9. The van der Waals surface area contributed by atoms with Crippen molar-refractivity contribution in [3.8, 4) is 0 Å². The standard InChI is InChI=1S/C10H22N2.C8H12N2.C6H14N2.C6H16N2/c1-9(2)4-8(12)5-10(3,6-9)7-11;9-5-7-2-1-3-8(4-7)6-10;7-5-3-1-2-4-6(5)8;1-6(5-8)3-2-4-7/h8H,4-7,11-12H2,1-3H3;1-4H,5-6,9-10H2;5-6H,1-4,7-8H2;6H,2-5,7-8H2,1H3. The average molecular weight is 537 g/mol. The summed E-state index contributed by atoms with van der Waals surface area (Å²) in [5.41, 5.74) is 47.5. The zero-order valence-electron chi connectivity index (χ0n) is 25.1. The van der Waals surface area contributed by atoms with Gasteiger partial charge in [0.1, 0.15) is 0 Å². The van der Waals surface area contributed by atoms with Crippen LogP contribution in [0.1, 0.15) is 96.6 Å². The van der Waals surface area contributed by atoms with E-state index in [-0.39, 0.29) is 17.5 Å². The Morgan fingerprint density at radius 2 is 1.37 bits per heavy atom. The van der Waals surface area contributed by atoms with E-state index in [0.29, 0.717) is 30.5 Å². The highest BCUT2D eigenvalue weighted by Crippen LogP contribution is 2.44. The van der Waals surface area contributed by atoms with E-state index >= 15 is 0 Å². The van der Waals surface area contributed by atoms with Crippen molar-refractivity contribution >= 4 is 0 Å². The molecule has 0 bridgehead atoms. The van der Waals surface area contributed by atoms with Crippen LogP contribution in [-0.4, -0.2) is 37.8 Å². The van der Waals surface area contributed by atoms with Gasteiger partial charge in [0.05, 0.1) is 0 Å². The largest absolute Gasteiger partial charge is 0.330 e. The van der Waals surface area contributed by atoms with Crippen LogP contribution in [-0.2, 0) is 13.1 Å². The molecule has 1 aromatic carbocycles. The Morgan fingerprint density at radius 1 is 0.842 bits per heavy atom. The summed E-state index contributed by atoms with van der Waals surface area (Å²) in [6.07, 6.45) is 10.5. The van der Waals surface area contributed by atoms with E-state index in [1.54, 1.807) is 0 Å². The number of rotatable bonds is 7. The van der Waals surface area contributed by atoms with E-state index in [1.165, 1.54) is 25.7 Å². The Balaban J connectivity index is 0.000000488. The third kappa shape index (κ3) is 16.8. The first-order valence-corrected chi connectivity index (χ1v) is 14.7. The summed E-state index contributed by atoms with van der Waals surface area (Å²) in [6.45, 7) is 12.5. The lowest BCUT2D eigenvalue weighted by Gasteiger charge is -2.45. The molecule has 8 heteroatoms. The monoisotopic (exact) mass is 537 g/mol. The van der Waals surface area contributed by atoms with Gasteiger partial charge in [-0.3, -0.25) is 0 Å². The molecule has 2 aliphatic carbocycles. The molecule has 2 aliphatic rings. The first-order chi connectivity index (χ1) is 17.8. The lowest BCUT2D eigenvalue weighted by Crippen LogP contribution is -2.45. The fourth-order valence-corrected chi connectivity index (χ4v) is 5.53. The van der Waals surface area contributed by atoms with Crippen LogP contribution in [0, 0.1) is 16.7 Å². The van der Waals surface area contributed by atoms with Crippen molar-refractivity contribution in [2.24, 2.45) is 62.6 Å². The van der Waals surface area contributed by atoms with Crippen LogP contribution in [0.5, 0.6) is 0 Å². The number of benzene rings is 1. The van der Waals surface area contributed by atoms with Gasteiger partial charge >= 0.3 is 0 Å². The molecule has 224 valence electrons. The molecule has 0 amide bonds. The summed E-state index contributed by atoms with van der Waals surface area (Å²) >= 11 is 0. The molecule has 0 aromatic heterocycles. The lowest BCUT2D eigenvalue weighted by atomic mass is 9.63. The molecule has 0 spiro atoms. The highest BCUT2D eigenvalue weighted by molar-refractivity contribution is 5.22. The van der Waals surface area contributed by atoms with Crippen LogP contribution in [0.2, 0.25) is 0 Å². The third-order valence-electron chi connectivity index (χ3n) is 7.61. The highest BCUT2D eigenvalue weighted by Gasteiger charge is 2.38. The molecule has 0 aliphatic heterocycles. The van der Waals surface area contributed by atoms with Crippen LogP contribution in [0.25, 0.3) is 0 Å². The summed E-state index contributed by atoms with van der Waals surface area (Å²) in [5, 5.41) is 0. The van der Waals surface area contributed by atoms with Gasteiger partial charge in [0.25, 0.3) is 0 Å². The Hall–Kier alpha value is -1.10. The zero-order chi connectivity index (χ0) is 29.2. The maximum absolute atomic E-state index is 6.01. The first kappa shape index (κ1) is 36.9. The molecule has 16 N–H and O–H groups in total. The zero-order valence-corrected chi connectivity index (χ0v) is 25.1. The summed E-state index contributed by atoms with van der Waals surface area (Å²) < 4.78 is 0. The molecule has 2 fully saturated rings. The van der Waals surface area contributed by atoms with Crippen molar-refractivity contribution < 1.29 is 0 Å². The first-order valence-electron chi connectivity index (χ1n) is 14.7. The molecule has 38 heavy (non-hydrogen) atoms. The van der Waals surface area contributed by atoms with Crippen LogP contribution >= 0.6 is 0 Å². The van der Waals surface area contributed by atoms with Crippen molar-refractivity contribution in [2.45, 2.75) is 117 Å². The number of nitrogens with two attached hydrogens (primary N) is 8. The van der Waals surface area contributed by atoms with Gasteiger partial charge in [-0.25, -0.2) is 0 Å². The summed E-state index contributed by atoms with van der Waals surface area (Å²) in [5.74, 6) is 0.651. The van der Waals surface area contributed by atoms with Gasteiger partial charge in [0, 0.05) is 31.2 Å². The van der Waals surface area contributed by atoms with Crippen molar-refractivity contribution in [2.75, 3.05) is 19.6 Å². The minimum Gasteiger partial charge on any atom is -0.330 e. The highest BCUT2D eigenvalue weighted by atomic mass is 14.8. The van der Waals surface area contributed by atoms with Crippen LogP contribution < -0.4 is 45.9 Å². The van der Waals surface area contributed by atoms with Crippen molar-refractivity contribution in [3.63, 3.8) is 0 Å². The van der Waals surface area contributed by atoms with Gasteiger partial charge in [-0.05, 0) is 92.5 Å². The average Bonchev–Trinajstić information content (AvgIpc) is 2.88. The third-order valence-corrected chi connectivity index (χ3v) is 7.61. The van der Waals surface area contributed by atoms with Crippen LogP contribution in [0.15, 0.2) is 24.3 Å². The maximum atomic E-state index is 6.01. The predicted molar refractivity (Wildman–Crippen MR) is 166 cm³/mol. The second kappa shape index (κ2) is 19.9. The van der Waals surface area contributed by atoms with Gasteiger partial charge in [0.15, 0.2) is 0 Å². The van der Waals surface area contributed by atoms with Gasteiger partial charge in [0.2, 0.25) is 0 Å². The van der Waals surface area contributed by atoms with Crippen LogP contribution in [0.3, 0.4) is 0 Å². The predicted octanol–water partition coefficient (Wildman–Crippen LogP) is 2.63. The molecular weight excluding hydrogens is 472 g/mol. The summed E-state index contributed by atoms with van der Waals surface area (Å²) in [4.78, 5) is 0. The fraction of sp³-hybridized carbons (Fsp3) is 0.800. The number of hydrogen-bond donors (Lipinski definition) is 8. The van der Waals surface area contributed by atoms with E-state index in [4.69, 9.17) is 45.9 Å². The summed E-state index contributed by atoms with van der Waals surface area (Å²) in [6, 6.07) is 8.91. The lowest BCUT2D eigenvalue weighted by molar-refractivity contribution is 0.0904. The Kier molecular flexibility index (Phi) is 19.3. The molecule has 8 nitrogen and oxygen atoms in total. The second-order valence-corrected chi connectivity index (χ2v) is 12.6. The van der Waals surface area contributed by atoms with E-state index in [1.807, 2.05) is 24.3 Å². The Morgan fingerprint density at radius 3 is 1.74 bits per heavy atom. The van der Waals surface area contributed by atoms with Crippen molar-refractivity contribution in [3.05, 3.63) is 35.4 Å². The molecule has 1 aromatic rings. The van der Waals surface area contributed by atoms with Gasteiger partial charge < -0.3 is 45.9 Å². The topological polar surface area (TPSA) is 208 Å².